The number of hydrogen-bond donors (Lipinski definition) is 1. The SMILES string of the molecule is O=C1C(c2cc3ccccc3cc2Nc2cccc(F)c2)=Cc2ccccc21. The number of benzene rings is 4. The Kier molecular flexibility index (Phi) is 3.80. The third-order valence-corrected chi connectivity index (χ3v) is 5.03. The number of carbonyl (C=O) groups is 1. The second-order valence-corrected chi connectivity index (χ2v) is 6.85. The van der Waals surface area contributed by atoms with E-state index >= 15 is 0 Å². The lowest BCUT2D eigenvalue weighted by atomic mass is 9.96. The molecule has 1 N–H and O–H groups in total. The van der Waals surface area contributed by atoms with Gasteiger partial charge in [0, 0.05) is 28.1 Å². The summed E-state index contributed by atoms with van der Waals surface area (Å²) >= 11 is 0. The first kappa shape index (κ1) is 16.5. The summed E-state index contributed by atoms with van der Waals surface area (Å²) in [7, 11) is 0. The summed E-state index contributed by atoms with van der Waals surface area (Å²) in [6, 6.07) is 25.9. The quantitative estimate of drug-likeness (QED) is 0.451. The number of hydrogen-bond acceptors (Lipinski definition) is 2. The van der Waals surface area contributed by atoms with Crippen molar-refractivity contribution in [3.8, 4) is 0 Å². The van der Waals surface area contributed by atoms with E-state index in [1.165, 1.54) is 12.1 Å². The van der Waals surface area contributed by atoms with E-state index in [0.29, 0.717) is 16.8 Å². The van der Waals surface area contributed by atoms with E-state index in [0.717, 1.165) is 27.6 Å². The van der Waals surface area contributed by atoms with Gasteiger partial charge in [-0.1, -0.05) is 54.6 Å². The first-order valence-electron chi connectivity index (χ1n) is 9.10. The molecule has 0 radical (unpaired) electrons. The second-order valence-electron chi connectivity index (χ2n) is 6.85. The molecule has 0 saturated carbocycles. The third kappa shape index (κ3) is 2.78. The average Bonchev–Trinajstić information content (AvgIpc) is 3.04. The molecular weight excluding hydrogens is 349 g/mol. The highest BCUT2D eigenvalue weighted by molar-refractivity contribution is 6.38. The molecule has 0 atom stereocenters. The van der Waals surface area contributed by atoms with Gasteiger partial charge in [0.15, 0.2) is 5.78 Å². The maximum Gasteiger partial charge on any atom is 0.194 e. The van der Waals surface area contributed by atoms with Gasteiger partial charge in [-0.15, -0.1) is 0 Å². The fourth-order valence-electron chi connectivity index (χ4n) is 3.68. The van der Waals surface area contributed by atoms with Crippen LogP contribution in [0.5, 0.6) is 0 Å². The van der Waals surface area contributed by atoms with Crippen molar-refractivity contribution in [2.24, 2.45) is 0 Å². The monoisotopic (exact) mass is 365 g/mol. The number of halogens is 1. The lowest BCUT2D eigenvalue weighted by molar-refractivity contribution is 0.105. The number of anilines is 2. The Morgan fingerprint density at radius 2 is 1.46 bits per heavy atom. The van der Waals surface area contributed by atoms with Crippen LogP contribution in [0.4, 0.5) is 15.8 Å². The number of fused-ring (bicyclic) bond motifs is 2. The van der Waals surface area contributed by atoms with Crippen molar-refractivity contribution in [3.63, 3.8) is 0 Å². The van der Waals surface area contributed by atoms with Gasteiger partial charge in [0.2, 0.25) is 0 Å². The molecule has 134 valence electrons. The van der Waals surface area contributed by atoms with E-state index in [9.17, 15) is 9.18 Å². The van der Waals surface area contributed by atoms with Crippen LogP contribution in [-0.4, -0.2) is 5.78 Å². The predicted octanol–water partition coefficient (Wildman–Crippen LogP) is 6.46. The molecule has 28 heavy (non-hydrogen) atoms. The molecule has 0 amide bonds. The topological polar surface area (TPSA) is 29.1 Å². The molecule has 1 aliphatic carbocycles. The number of rotatable bonds is 3. The molecule has 0 bridgehead atoms. The van der Waals surface area contributed by atoms with Crippen molar-refractivity contribution in [2.75, 3.05) is 5.32 Å². The van der Waals surface area contributed by atoms with Crippen molar-refractivity contribution >= 4 is 39.6 Å². The van der Waals surface area contributed by atoms with Gasteiger partial charge >= 0.3 is 0 Å². The highest BCUT2D eigenvalue weighted by atomic mass is 19.1. The van der Waals surface area contributed by atoms with Crippen molar-refractivity contribution in [1.82, 2.24) is 0 Å². The van der Waals surface area contributed by atoms with E-state index in [1.807, 2.05) is 72.8 Å². The van der Waals surface area contributed by atoms with Crippen LogP contribution in [0, 0.1) is 5.82 Å². The van der Waals surface area contributed by atoms with E-state index in [1.54, 1.807) is 6.07 Å². The lowest BCUT2D eigenvalue weighted by Crippen LogP contribution is -2.02. The molecule has 4 aromatic rings. The molecule has 0 unspecified atom stereocenters. The van der Waals surface area contributed by atoms with Crippen LogP contribution in [0.15, 0.2) is 84.9 Å². The Balaban J connectivity index is 1.68. The van der Waals surface area contributed by atoms with Gasteiger partial charge in [0.25, 0.3) is 0 Å². The molecule has 0 heterocycles. The first-order chi connectivity index (χ1) is 13.7. The maximum atomic E-state index is 13.7. The summed E-state index contributed by atoms with van der Waals surface area (Å²) in [5.74, 6) is -0.302. The van der Waals surface area contributed by atoms with Crippen molar-refractivity contribution in [3.05, 3.63) is 107 Å². The van der Waals surface area contributed by atoms with Gasteiger partial charge in [-0.3, -0.25) is 4.79 Å². The standard InChI is InChI=1S/C25H16FNO/c26-19-9-5-10-20(15-19)27-24-14-17-7-2-1-6-16(17)12-22(24)23-13-18-8-3-4-11-21(18)25(23)28/h1-15,27H. The van der Waals surface area contributed by atoms with Gasteiger partial charge in [-0.05, 0) is 52.7 Å². The molecule has 0 fully saturated rings. The van der Waals surface area contributed by atoms with E-state index in [4.69, 9.17) is 0 Å². The first-order valence-corrected chi connectivity index (χ1v) is 9.10. The highest BCUT2D eigenvalue weighted by Crippen LogP contribution is 2.38. The van der Waals surface area contributed by atoms with Crippen LogP contribution in [0.2, 0.25) is 0 Å². The van der Waals surface area contributed by atoms with E-state index in [2.05, 4.69) is 5.32 Å². The molecule has 0 aliphatic heterocycles. The van der Waals surface area contributed by atoms with Crippen LogP contribution in [-0.2, 0) is 0 Å². The number of carbonyl (C=O) groups excluding carboxylic acids is 1. The Bertz CT molecular complexity index is 1270. The summed E-state index contributed by atoms with van der Waals surface area (Å²) in [5, 5.41) is 5.39. The highest BCUT2D eigenvalue weighted by Gasteiger charge is 2.25. The average molecular weight is 365 g/mol. The molecular formula is C25H16FNO. The van der Waals surface area contributed by atoms with Crippen LogP contribution < -0.4 is 5.32 Å². The Morgan fingerprint density at radius 3 is 2.25 bits per heavy atom. The molecule has 3 heteroatoms. The predicted molar refractivity (Wildman–Crippen MR) is 112 cm³/mol. The minimum Gasteiger partial charge on any atom is -0.355 e. The number of nitrogens with one attached hydrogen (secondary N) is 1. The van der Waals surface area contributed by atoms with Crippen LogP contribution in [0.25, 0.3) is 22.4 Å². The maximum absolute atomic E-state index is 13.7. The Labute approximate surface area is 162 Å². The smallest absolute Gasteiger partial charge is 0.194 e. The zero-order valence-electron chi connectivity index (χ0n) is 14.9. The Hall–Kier alpha value is -3.72. The number of allylic oxidation sites excluding steroid dienone is 1. The van der Waals surface area contributed by atoms with Gasteiger partial charge < -0.3 is 5.32 Å². The van der Waals surface area contributed by atoms with E-state index in [-0.39, 0.29) is 11.6 Å². The van der Waals surface area contributed by atoms with Crippen LogP contribution in [0.1, 0.15) is 21.5 Å². The minimum atomic E-state index is -0.309. The van der Waals surface area contributed by atoms with Crippen molar-refractivity contribution < 1.29 is 9.18 Å². The molecule has 0 saturated heterocycles. The normalized spacial score (nSPS) is 12.8. The van der Waals surface area contributed by atoms with Gasteiger partial charge in [-0.2, -0.15) is 0 Å². The molecule has 0 aromatic heterocycles. The summed E-state index contributed by atoms with van der Waals surface area (Å²) in [5.41, 5.74) is 4.50. The molecule has 5 rings (SSSR count). The minimum absolute atomic E-state index is 0.00757. The fraction of sp³-hybridized carbons (Fsp3) is 0. The number of Topliss-reactive ketones (excluding diaryl/α,β-unsaturated/α-hetero) is 1. The lowest BCUT2D eigenvalue weighted by Gasteiger charge is -2.15. The molecule has 0 spiro atoms. The molecule has 2 nitrogen and oxygen atoms in total. The zero-order chi connectivity index (χ0) is 19.1. The summed E-state index contributed by atoms with van der Waals surface area (Å²) in [6.45, 7) is 0. The fourth-order valence-corrected chi connectivity index (χ4v) is 3.68. The molecule has 1 aliphatic rings. The third-order valence-electron chi connectivity index (χ3n) is 5.03. The summed E-state index contributed by atoms with van der Waals surface area (Å²) < 4.78 is 13.7. The van der Waals surface area contributed by atoms with Gasteiger partial charge in [0.05, 0.1) is 0 Å². The summed E-state index contributed by atoms with van der Waals surface area (Å²) in [6.07, 6.45) is 1.93. The zero-order valence-corrected chi connectivity index (χ0v) is 14.9. The molecule has 4 aromatic carbocycles. The van der Waals surface area contributed by atoms with E-state index < -0.39 is 0 Å². The van der Waals surface area contributed by atoms with Crippen molar-refractivity contribution in [2.45, 2.75) is 0 Å². The van der Waals surface area contributed by atoms with Gasteiger partial charge in [-0.25, -0.2) is 4.39 Å². The Morgan fingerprint density at radius 1 is 0.714 bits per heavy atom. The largest absolute Gasteiger partial charge is 0.355 e. The second kappa shape index (κ2) is 6.46. The van der Waals surface area contributed by atoms with Crippen LogP contribution in [0.3, 0.4) is 0 Å². The van der Waals surface area contributed by atoms with Crippen molar-refractivity contribution in [1.29, 1.82) is 0 Å². The van der Waals surface area contributed by atoms with Gasteiger partial charge in [0.1, 0.15) is 5.82 Å². The summed E-state index contributed by atoms with van der Waals surface area (Å²) in [4.78, 5) is 13.0. The number of ketones is 1. The van der Waals surface area contributed by atoms with Crippen LogP contribution >= 0.6 is 0 Å².